The Bertz CT molecular complexity index is 994. The van der Waals surface area contributed by atoms with E-state index < -0.39 is 0 Å². The highest BCUT2D eigenvalue weighted by molar-refractivity contribution is 5.94. The number of nitrogens with one attached hydrogen (secondary N) is 2. The molecule has 0 saturated carbocycles. The first-order valence-electron chi connectivity index (χ1n) is 9.90. The number of nitrogens with zero attached hydrogens (tertiary/aromatic N) is 1. The number of rotatable bonds is 5. The second kappa shape index (κ2) is 8.49. The first-order valence-corrected chi connectivity index (χ1v) is 9.90. The van der Waals surface area contributed by atoms with Crippen molar-refractivity contribution in [3.05, 3.63) is 54.6 Å². The molecule has 4 rings (SSSR count). The van der Waals surface area contributed by atoms with Gasteiger partial charge in [0.15, 0.2) is 0 Å². The summed E-state index contributed by atoms with van der Waals surface area (Å²) < 4.78 is 4.93. The average Bonchev–Trinajstić information content (AvgIpc) is 3.19. The molecule has 0 bridgehead atoms. The van der Waals surface area contributed by atoms with Crippen LogP contribution < -0.4 is 5.32 Å². The van der Waals surface area contributed by atoms with Gasteiger partial charge in [-0.2, -0.15) is 0 Å². The summed E-state index contributed by atoms with van der Waals surface area (Å²) in [5.41, 5.74) is 3.86. The largest absolute Gasteiger partial charge is 0.375 e. The van der Waals surface area contributed by atoms with Crippen molar-refractivity contribution in [3.63, 3.8) is 0 Å². The molecule has 2 aromatic carbocycles. The molecule has 1 saturated heterocycles. The van der Waals surface area contributed by atoms with Crippen molar-refractivity contribution in [2.24, 2.45) is 5.92 Å². The third kappa shape index (κ3) is 4.32. The van der Waals surface area contributed by atoms with E-state index in [-0.39, 0.29) is 24.3 Å². The molecular weight excluding hydrogens is 366 g/mol. The summed E-state index contributed by atoms with van der Waals surface area (Å²) in [6, 6.07) is 18.1. The summed E-state index contributed by atoms with van der Waals surface area (Å²) in [4.78, 5) is 30.0. The number of hydrogen-bond donors (Lipinski definition) is 2. The van der Waals surface area contributed by atoms with Crippen molar-refractivity contribution < 1.29 is 14.3 Å². The number of H-pyrrole nitrogens is 1. The molecule has 6 heteroatoms. The van der Waals surface area contributed by atoms with E-state index in [0.717, 1.165) is 40.7 Å². The van der Waals surface area contributed by atoms with Crippen LogP contribution >= 0.6 is 0 Å². The number of aromatic amines is 1. The van der Waals surface area contributed by atoms with Crippen LogP contribution in [0.3, 0.4) is 0 Å². The molecule has 1 aliphatic rings. The van der Waals surface area contributed by atoms with Crippen LogP contribution in [0, 0.1) is 5.92 Å². The SMILES string of the molecule is COCC(=O)N1CCC[C@@H](C(=O)Nc2cccc(-c3cc4ccccc4[nH]3)c2)C1. The number of hydrogen-bond acceptors (Lipinski definition) is 3. The quantitative estimate of drug-likeness (QED) is 0.697. The molecular formula is C23H25N3O3. The fourth-order valence-corrected chi connectivity index (χ4v) is 3.87. The van der Waals surface area contributed by atoms with Crippen molar-refractivity contribution in [1.82, 2.24) is 9.88 Å². The third-order valence-electron chi connectivity index (χ3n) is 5.38. The Morgan fingerprint density at radius 2 is 2.03 bits per heavy atom. The Morgan fingerprint density at radius 1 is 1.17 bits per heavy atom. The molecule has 2 amide bonds. The zero-order valence-electron chi connectivity index (χ0n) is 16.5. The van der Waals surface area contributed by atoms with Crippen molar-refractivity contribution in [2.75, 3.05) is 32.1 Å². The van der Waals surface area contributed by atoms with Gasteiger partial charge in [0.1, 0.15) is 6.61 Å². The number of methoxy groups -OCH3 is 1. The summed E-state index contributed by atoms with van der Waals surface area (Å²) in [7, 11) is 1.51. The van der Waals surface area contributed by atoms with Crippen LogP contribution in [0.5, 0.6) is 0 Å². The number of carbonyl (C=O) groups excluding carboxylic acids is 2. The van der Waals surface area contributed by atoms with Crippen LogP contribution in [-0.2, 0) is 14.3 Å². The summed E-state index contributed by atoms with van der Waals surface area (Å²) in [5, 5.41) is 4.18. The first kappa shape index (κ1) is 19.2. The van der Waals surface area contributed by atoms with Gasteiger partial charge in [0.05, 0.1) is 5.92 Å². The number of carbonyl (C=O) groups is 2. The minimum absolute atomic E-state index is 0.0475. The fraction of sp³-hybridized carbons (Fsp3) is 0.304. The number of benzene rings is 2. The van der Waals surface area contributed by atoms with Crippen molar-refractivity contribution >= 4 is 28.4 Å². The lowest BCUT2D eigenvalue weighted by Gasteiger charge is -2.32. The van der Waals surface area contributed by atoms with Crippen LogP contribution in [0.2, 0.25) is 0 Å². The Labute approximate surface area is 169 Å². The van der Waals surface area contributed by atoms with E-state index in [0.29, 0.717) is 13.1 Å². The van der Waals surface area contributed by atoms with Gasteiger partial charge in [-0.1, -0.05) is 30.3 Å². The summed E-state index contributed by atoms with van der Waals surface area (Å²) >= 11 is 0. The van der Waals surface area contributed by atoms with E-state index in [2.05, 4.69) is 22.4 Å². The molecule has 6 nitrogen and oxygen atoms in total. The van der Waals surface area contributed by atoms with E-state index in [9.17, 15) is 9.59 Å². The molecule has 1 aromatic heterocycles. The van der Waals surface area contributed by atoms with Crippen LogP contribution in [-0.4, -0.2) is 48.5 Å². The standard InChI is InChI=1S/C23H25N3O3/c1-29-15-22(27)26-11-5-8-18(14-26)23(28)24-19-9-4-7-16(12-19)21-13-17-6-2-3-10-20(17)25-21/h2-4,6-7,9-10,12-13,18,25H,5,8,11,14-15H2,1H3,(H,24,28)/t18-/m1/s1. The number of piperidine rings is 1. The van der Waals surface area contributed by atoms with E-state index in [1.807, 2.05) is 42.5 Å². The maximum absolute atomic E-state index is 12.8. The monoisotopic (exact) mass is 391 g/mol. The molecule has 1 fully saturated rings. The van der Waals surface area contributed by atoms with Gasteiger partial charge in [-0.15, -0.1) is 0 Å². The zero-order valence-corrected chi connectivity index (χ0v) is 16.5. The highest BCUT2D eigenvalue weighted by Gasteiger charge is 2.28. The molecule has 150 valence electrons. The van der Waals surface area contributed by atoms with E-state index in [1.54, 1.807) is 4.90 Å². The van der Waals surface area contributed by atoms with Gasteiger partial charge >= 0.3 is 0 Å². The first-order chi connectivity index (χ1) is 14.1. The van der Waals surface area contributed by atoms with Crippen LogP contribution in [0.15, 0.2) is 54.6 Å². The van der Waals surface area contributed by atoms with Crippen molar-refractivity contribution in [1.29, 1.82) is 0 Å². The highest BCUT2D eigenvalue weighted by atomic mass is 16.5. The Kier molecular flexibility index (Phi) is 5.62. The van der Waals surface area contributed by atoms with Crippen molar-refractivity contribution in [3.8, 4) is 11.3 Å². The smallest absolute Gasteiger partial charge is 0.248 e. The third-order valence-corrected chi connectivity index (χ3v) is 5.38. The Morgan fingerprint density at radius 3 is 2.86 bits per heavy atom. The molecule has 0 unspecified atom stereocenters. The second-order valence-electron chi connectivity index (χ2n) is 7.45. The topological polar surface area (TPSA) is 74.4 Å². The molecule has 29 heavy (non-hydrogen) atoms. The number of fused-ring (bicyclic) bond motifs is 1. The molecule has 0 spiro atoms. The van der Waals surface area contributed by atoms with E-state index in [1.165, 1.54) is 7.11 Å². The Balaban J connectivity index is 1.46. The molecule has 2 N–H and O–H groups in total. The summed E-state index contributed by atoms with van der Waals surface area (Å²) in [6.07, 6.45) is 1.60. The van der Waals surface area contributed by atoms with Gasteiger partial charge in [0.25, 0.3) is 0 Å². The predicted octanol–water partition coefficient (Wildman–Crippen LogP) is 3.66. The molecule has 3 aromatic rings. The Hall–Kier alpha value is -3.12. The minimum atomic E-state index is -0.207. The normalized spacial score (nSPS) is 16.7. The van der Waals surface area contributed by atoms with Gasteiger partial charge in [-0.3, -0.25) is 9.59 Å². The predicted molar refractivity (Wildman–Crippen MR) is 114 cm³/mol. The van der Waals surface area contributed by atoms with Gasteiger partial charge < -0.3 is 19.9 Å². The lowest BCUT2D eigenvalue weighted by atomic mass is 9.97. The highest BCUT2D eigenvalue weighted by Crippen LogP contribution is 2.27. The maximum atomic E-state index is 12.8. The molecule has 2 heterocycles. The van der Waals surface area contributed by atoms with Gasteiger partial charge in [0.2, 0.25) is 11.8 Å². The van der Waals surface area contributed by atoms with Crippen molar-refractivity contribution in [2.45, 2.75) is 12.8 Å². The number of para-hydroxylation sites is 1. The average molecular weight is 391 g/mol. The minimum Gasteiger partial charge on any atom is -0.375 e. The molecule has 1 atom stereocenters. The van der Waals surface area contributed by atoms with Crippen LogP contribution in [0.4, 0.5) is 5.69 Å². The fourth-order valence-electron chi connectivity index (χ4n) is 3.87. The number of anilines is 1. The molecule has 1 aliphatic heterocycles. The van der Waals surface area contributed by atoms with Gasteiger partial charge in [-0.05, 0) is 37.1 Å². The van der Waals surface area contributed by atoms with E-state index >= 15 is 0 Å². The van der Waals surface area contributed by atoms with Gasteiger partial charge in [-0.25, -0.2) is 0 Å². The number of aromatic nitrogens is 1. The molecule has 0 radical (unpaired) electrons. The summed E-state index contributed by atoms with van der Waals surface area (Å²) in [6.45, 7) is 1.18. The number of ether oxygens (including phenoxy) is 1. The zero-order chi connectivity index (χ0) is 20.2. The maximum Gasteiger partial charge on any atom is 0.248 e. The van der Waals surface area contributed by atoms with Crippen LogP contribution in [0.25, 0.3) is 22.2 Å². The summed E-state index contributed by atoms with van der Waals surface area (Å²) in [5.74, 6) is -0.319. The number of amides is 2. The number of likely N-dealkylation sites (tertiary alicyclic amines) is 1. The second-order valence-corrected chi connectivity index (χ2v) is 7.45. The lowest BCUT2D eigenvalue weighted by molar-refractivity contribution is -0.138. The van der Waals surface area contributed by atoms with E-state index in [4.69, 9.17) is 4.74 Å². The van der Waals surface area contributed by atoms with Gasteiger partial charge in [0, 0.05) is 48.0 Å². The van der Waals surface area contributed by atoms with Crippen LogP contribution in [0.1, 0.15) is 12.8 Å². The molecule has 0 aliphatic carbocycles. The lowest BCUT2D eigenvalue weighted by Crippen LogP contribution is -2.45.